The second kappa shape index (κ2) is 3.48. The number of aromatic nitrogens is 2. The van der Waals surface area contributed by atoms with E-state index in [0.29, 0.717) is 23.2 Å². The zero-order valence-electron chi connectivity index (χ0n) is 9.29. The van der Waals surface area contributed by atoms with Crippen molar-refractivity contribution in [3.63, 3.8) is 0 Å². The third-order valence-electron chi connectivity index (χ3n) is 3.09. The molecule has 2 unspecified atom stereocenters. The van der Waals surface area contributed by atoms with Gasteiger partial charge in [-0.2, -0.15) is 4.98 Å². The Morgan fingerprint density at radius 2 is 2.12 bits per heavy atom. The molecular weight excluding hydrogens is 220 g/mol. The molecule has 1 fully saturated rings. The minimum Gasteiger partial charge on any atom is -0.508 e. The topological polar surface area (TPSA) is 79.4 Å². The summed E-state index contributed by atoms with van der Waals surface area (Å²) in [6, 6.07) is 4.27. The molecule has 1 aromatic carbocycles. The minimum absolute atomic E-state index is 0.00167. The second-order valence-electron chi connectivity index (χ2n) is 4.48. The highest BCUT2D eigenvalue weighted by Crippen LogP contribution is 2.46. The van der Waals surface area contributed by atoms with Crippen molar-refractivity contribution >= 4 is 0 Å². The van der Waals surface area contributed by atoms with Crippen molar-refractivity contribution in [3.8, 4) is 23.0 Å². The van der Waals surface area contributed by atoms with Gasteiger partial charge in [-0.25, -0.2) is 0 Å². The van der Waals surface area contributed by atoms with E-state index in [0.717, 1.165) is 6.42 Å². The van der Waals surface area contributed by atoms with Crippen LogP contribution in [0.25, 0.3) is 11.5 Å². The predicted octanol–water partition coefficient (Wildman–Crippen LogP) is 2.27. The Labute approximate surface area is 97.7 Å². The molecule has 17 heavy (non-hydrogen) atoms. The summed E-state index contributed by atoms with van der Waals surface area (Å²) in [5, 5.41) is 22.8. The van der Waals surface area contributed by atoms with E-state index in [2.05, 4.69) is 17.1 Å². The van der Waals surface area contributed by atoms with Crippen LogP contribution in [0.4, 0.5) is 0 Å². The lowest BCUT2D eigenvalue weighted by molar-refractivity contribution is 0.415. The van der Waals surface area contributed by atoms with Gasteiger partial charge in [0.05, 0.1) is 5.56 Å². The number of nitrogens with zero attached hydrogens (tertiary/aromatic N) is 2. The molecule has 0 spiro atoms. The summed E-state index contributed by atoms with van der Waals surface area (Å²) in [6.07, 6.45) is 1.08. The van der Waals surface area contributed by atoms with Gasteiger partial charge in [-0.15, -0.1) is 0 Å². The third kappa shape index (κ3) is 1.73. The van der Waals surface area contributed by atoms with Gasteiger partial charge in [0, 0.05) is 12.0 Å². The van der Waals surface area contributed by atoms with E-state index in [9.17, 15) is 10.2 Å². The van der Waals surface area contributed by atoms with Crippen LogP contribution in [0.2, 0.25) is 0 Å². The molecule has 0 amide bonds. The lowest BCUT2D eigenvalue weighted by atomic mass is 10.2. The highest BCUT2D eigenvalue weighted by atomic mass is 16.5. The Hall–Kier alpha value is -2.04. The van der Waals surface area contributed by atoms with Crippen molar-refractivity contribution in [1.82, 2.24) is 10.1 Å². The van der Waals surface area contributed by atoms with Gasteiger partial charge in [-0.3, -0.25) is 0 Å². The first-order valence-electron chi connectivity index (χ1n) is 5.51. The fourth-order valence-electron chi connectivity index (χ4n) is 1.88. The Bertz CT molecular complexity index is 565. The van der Waals surface area contributed by atoms with E-state index >= 15 is 0 Å². The SMILES string of the molecule is CC1CC1c1noc(-c2ccc(O)cc2O)n1. The number of rotatable bonds is 2. The molecular formula is C12H12N2O3. The second-order valence-corrected chi connectivity index (χ2v) is 4.48. The number of benzene rings is 1. The molecule has 0 aliphatic heterocycles. The molecule has 1 heterocycles. The maximum atomic E-state index is 9.67. The predicted molar refractivity (Wildman–Crippen MR) is 59.6 cm³/mol. The molecule has 1 aliphatic rings. The Morgan fingerprint density at radius 3 is 2.76 bits per heavy atom. The van der Waals surface area contributed by atoms with E-state index in [1.165, 1.54) is 12.1 Å². The van der Waals surface area contributed by atoms with Gasteiger partial charge in [-0.05, 0) is 24.5 Å². The van der Waals surface area contributed by atoms with Gasteiger partial charge in [-0.1, -0.05) is 12.1 Å². The Morgan fingerprint density at radius 1 is 1.35 bits per heavy atom. The maximum Gasteiger partial charge on any atom is 0.261 e. The summed E-state index contributed by atoms with van der Waals surface area (Å²) < 4.78 is 5.12. The highest BCUT2D eigenvalue weighted by Gasteiger charge is 2.38. The van der Waals surface area contributed by atoms with Crippen LogP contribution in [0.15, 0.2) is 22.7 Å². The average Bonchev–Trinajstić information content (AvgIpc) is 2.83. The summed E-state index contributed by atoms with van der Waals surface area (Å²) in [6.45, 7) is 2.14. The summed E-state index contributed by atoms with van der Waals surface area (Å²) >= 11 is 0. The molecule has 2 atom stereocenters. The summed E-state index contributed by atoms with van der Waals surface area (Å²) in [7, 11) is 0. The van der Waals surface area contributed by atoms with Gasteiger partial charge >= 0.3 is 0 Å². The first kappa shape index (κ1) is 10.1. The smallest absolute Gasteiger partial charge is 0.261 e. The van der Waals surface area contributed by atoms with Crippen molar-refractivity contribution < 1.29 is 14.7 Å². The standard InChI is InChI=1S/C12H12N2O3/c1-6-4-9(6)11-13-12(17-14-11)8-3-2-7(15)5-10(8)16/h2-3,5-6,9,15-16H,4H2,1H3. The average molecular weight is 232 g/mol. The van der Waals surface area contributed by atoms with E-state index in [1.54, 1.807) is 6.07 Å². The number of phenolic OH excluding ortho intramolecular Hbond substituents is 2. The van der Waals surface area contributed by atoms with Crippen LogP contribution in [0, 0.1) is 5.92 Å². The van der Waals surface area contributed by atoms with Crippen LogP contribution in [-0.4, -0.2) is 20.4 Å². The van der Waals surface area contributed by atoms with Gasteiger partial charge in [0.2, 0.25) is 0 Å². The number of aromatic hydroxyl groups is 2. The number of hydrogen-bond donors (Lipinski definition) is 2. The van der Waals surface area contributed by atoms with E-state index in [4.69, 9.17) is 4.52 Å². The van der Waals surface area contributed by atoms with E-state index in [-0.39, 0.29) is 17.4 Å². The molecule has 0 bridgehead atoms. The van der Waals surface area contributed by atoms with Crippen molar-refractivity contribution in [3.05, 3.63) is 24.0 Å². The normalized spacial score (nSPS) is 22.6. The molecule has 2 aromatic rings. The van der Waals surface area contributed by atoms with Gasteiger partial charge < -0.3 is 14.7 Å². The van der Waals surface area contributed by atoms with E-state index in [1.807, 2.05) is 0 Å². The summed E-state index contributed by atoms with van der Waals surface area (Å²) in [5.41, 5.74) is 0.440. The highest BCUT2D eigenvalue weighted by molar-refractivity contribution is 5.63. The largest absolute Gasteiger partial charge is 0.508 e. The first-order valence-corrected chi connectivity index (χ1v) is 5.51. The van der Waals surface area contributed by atoms with Crippen LogP contribution in [0.3, 0.4) is 0 Å². The minimum atomic E-state index is -0.0657. The maximum absolute atomic E-state index is 9.67. The molecule has 0 saturated heterocycles. The third-order valence-corrected chi connectivity index (χ3v) is 3.09. The van der Waals surface area contributed by atoms with Crippen LogP contribution < -0.4 is 0 Å². The van der Waals surface area contributed by atoms with Crippen molar-refractivity contribution in [2.45, 2.75) is 19.3 Å². The zero-order valence-corrected chi connectivity index (χ0v) is 9.29. The molecule has 1 aliphatic carbocycles. The Balaban J connectivity index is 1.95. The number of phenols is 2. The van der Waals surface area contributed by atoms with Crippen LogP contribution in [-0.2, 0) is 0 Å². The van der Waals surface area contributed by atoms with Crippen molar-refractivity contribution in [1.29, 1.82) is 0 Å². The quantitative estimate of drug-likeness (QED) is 0.830. The summed E-state index contributed by atoms with van der Waals surface area (Å²) in [4.78, 5) is 4.26. The van der Waals surface area contributed by atoms with Crippen LogP contribution >= 0.6 is 0 Å². The fourth-order valence-corrected chi connectivity index (χ4v) is 1.88. The molecule has 0 radical (unpaired) electrons. The zero-order chi connectivity index (χ0) is 12.0. The molecule has 2 N–H and O–H groups in total. The summed E-state index contributed by atoms with van der Waals surface area (Å²) in [5.74, 6) is 1.91. The van der Waals surface area contributed by atoms with Crippen molar-refractivity contribution in [2.75, 3.05) is 0 Å². The number of hydrogen-bond acceptors (Lipinski definition) is 5. The molecule has 1 saturated carbocycles. The Kier molecular flexibility index (Phi) is 2.07. The molecule has 88 valence electrons. The fraction of sp³-hybridized carbons (Fsp3) is 0.333. The lowest BCUT2D eigenvalue weighted by Gasteiger charge is -1.98. The van der Waals surface area contributed by atoms with Gasteiger partial charge in [0.15, 0.2) is 5.82 Å². The first-order chi connectivity index (χ1) is 8.15. The van der Waals surface area contributed by atoms with Gasteiger partial charge in [0.1, 0.15) is 11.5 Å². The lowest BCUT2D eigenvalue weighted by Crippen LogP contribution is -1.84. The van der Waals surface area contributed by atoms with Crippen LogP contribution in [0.5, 0.6) is 11.5 Å². The molecule has 5 heteroatoms. The van der Waals surface area contributed by atoms with Crippen LogP contribution in [0.1, 0.15) is 25.1 Å². The van der Waals surface area contributed by atoms with Gasteiger partial charge in [0.25, 0.3) is 5.89 Å². The van der Waals surface area contributed by atoms with Crippen molar-refractivity contribution in [2.24, 2.45) is 5.92 Å². The van der Waals surface area contributed by atoms with E-state index < -0.39 is 0 Å². The molecule has 1 aromatic heterocycles. The molecule has 3 rings (SSSR count). The molecule has 5 nitrogen and oxygen atoms in total. The monoisotopic (exact) mass is 232 g/mol.